The Labute approximate surface area is 185 Å². The van der Waals surface area contributed by atoms with E-state index in [-0.39, 0.29) is 19.1 Å². The zero-order valence-corrected chi connectivity index (χ0v) is 17.7. The maximum absolute atomic E-state index is 14.4. The summed E-state index contributed by atoms with van der Waals surface area (Å²) >= 11 is 0. The van der Waals surface area contributed by atoms with Crippen LogP contribution in [0.2, 0.25) is 0 Å². The Morgan fingerprint density at radius 1 is 1.16 bits per heavy atom. The summed E-state index contributed by atoms with van der Waals surface area (Å²) in [7, 11) is 0. The fourth-order valence-electron chi connectivity index (χ4n) is 3.98. The molecule has 0 aliphatic carbocycles. The van der Waals surface area contributed by atoms with E-state index >= 15 is 0 Å². The summed E-state index contributed by atoms with van der Waals surface area (Å²) in [6, 6.07) is 10.7. The fourth-order valence-corrected chi connectivity index (χ4v) is 3.98. The van der Waals surface area contributed by atoms with E-state index in [2.05, 4.69) is 21.8 Å². The number of benzene rings is 1. The molecule has 1 aromatic carbocycles. The van der Waals surface area contributed by atoms with E-state index in [4.69, 9.17) is 20.2 Å². The van der Waals surface area contributed by atoms with Crippen LogP contribution in [-0.2, 0) is 10.3 Å². The Kier molecular flexibility index (Phi) is 4.87. The number of ether oxygens (including phenoxy) is 2. The molecule has 0 fully saturated rings. The Hall–Kier alpha value is -3.76. The Bertz CT molecular complexity index is 1310. The first-order valence-electron chi connectivity index (χ1n) is 10.3. The van der Waals surface area contributed by atoms with Crippen molar-refractivity contribution in [3.8, 4) is 34.6 Å². The fraction of sp³-hybridized carbons (Fsp3) is 0.240. The van der Waals surface area contributed by atoms with E-state index in [0.29, 0.717) is 34.2 Å². The van der Waals surface area contributed by atoms with Crippen molar-refractivity contribution in [2.24, 2.45) is 16.6 Å². The molecule has 2 aliphatic heterocycles. The second kappa shape index (κ2) is 7.74. The van der Waals surface area contributed by atoms with Crippen LogP contribution in [0.25, 0.3) is 11.1 Å². The van der Waals surface area contributed by atoms with Crippen molar-refractivity contribution in [2.75, 3.05) is 13.2 Å². The molecule has 1 spiro atoms. The monoisotopic (exact) mass is 428 g/mol. The quantitative estimate of drug-likeness (QED) is 0.468. The van der Waals surface area contributed by atoms with Crippen molar-refractivity contribution in [2.45, 2.75) is 19.4 Å². The Morgan fingerprint density at radius 2 is 2.03 bits per heavy atom. The van der Waals surface area contributed by atoms with Gasteiger partial charge in [-0.2, -0.15) is 4.39 Å². The van der Waals surface area contributed by atoms with E-state index in [1.807, 2.05) is 26.0 Å². The van der Waals surface area contributed by atoms with Gasteiger partial charge in [-0.15, -0.1) is 0 Å². The lowest BCUT2D eigenvalue weighted by Crippen LogP contribution is -2.42. The number of amidine groups is 1. The molecule has 0 radical (unpaired) electrons. The van der Waals surface area contributed by atoms with Crippen LogP contribution in [-0.4, -0.2) is 29.0 Å². The van der Waals surface area contributed by atoms with E-state index in [1.54, 1.807) is 30.5 Å². The third-order valence-electron chi connectivity index (χ3n) is 5.40. The predicted octanol–water partition coefficient (Wildman–Crippen LogP) is 4.03. The number of aromatic nitrogens is 2. The molecular weight excluding hydrogens is 407 g/mol. The van der Waals surface area contributed by atoms with Gasteiger partial charge in [-0.05, 0) is 35.9 Å². The SMILES string of the molecule is CC(C)C#Cc1cnc2c(c1)[C@]1(COCC(N)=N1)c1cc(-c3cccnc3F)ccc1O2. The van der Waals surface area contributed by atoms with Gasteiger partial charge in [0.2, 0.25) is 11.8 Å². The third kappa shape index (κ3) is 3.39. The lowest BCUT2D eigenvalue weighted by Gasteiger charge is -2.39. The van der Waals surface area contributed by atoms with Gasteiger partial charge in [0.05, 0.1) is 12.2 Å². The van der Waals surface area contributed by atoms with Crippen LogP contribution in [0, 0.1) is 23.7 Å². The molecule has 0 unspecified atom stereocenters. The summed E-state index contributed by atoms with van der Waals surface area (Å²) < 4.78 is 26.3. The first kappa shape index (κ1) is 20.2. The van der Waals surface area contributed by atoms with Gasteiger partial charge in [0.1, 0.15) is 23.7 Å². The third-order valence-corrected chi connectivity index (χ3v) is 5.40. The number of nitrogens with zero attached hydrogens (tertiary/aromatic N) is 3. The van der Waals surface area contributed by atoms with E-state index in [9.17, 15) is 4.39 Å². The van der Waals surface area contributed by atoms with Crippen LogP contribution in [0.3, 0.4) is 0 Å². The molecule has 2 aromatic heterocycles. The molecular formula is C25H21FN4O2. The van der Waals surface area contributed by atoms with Crippen LogP contribution in [0.1, 0.15) is 30.5 Å². The normalized spacial score (nSPS) is 18.8. The average molecular weight is 428 g/mol. The molecule has 6 nitrogen and oxygen atoms in total. The molecule has 3 aromatic rings. The number of halogens is 1. The van der Waals surface area contributed by atoms with Gasteiger partial charge in [0, 0.05) is 35.0 Å². The minimum atomic E-state index is -0.970. The first-order valence-corrected chi connectivity index (χ1v) is 10.3. The summed E-state index contributed by atoms with van der Waals surface area (Å²) in [5.41, 5.74) is 8.39. The maximum atomic E-state index is 14.4. The molecule has 1 atom stereocenters. The Balaban J connectivity index is 1.73. The van der Waals surface area contributed by atoms with Crippen LogP contribution in [0.5, 0.6) is 11.6 Å². The molecule has 0 amide bonds. The highest BCUT2D eigenvalue weighted by atomic mass is 19.1. The van der Waals surface area contributed by atoms with E-state index in [0.717, 1.165) is 11.1 Å². The van der Waals surface area contributed by atoms with E-state index in [1.165, 1.54) is 6.20 Å². The average Bonchev–Trinajstić information content (AvgIpc) is 2.78. The van der Waals surface area contributed by atoms with Crippen molar-refractivity contribution in [3.05, 3.63) is 71.4 Å². The van der Waals surface area contributed by atoms with Crippen LogP contribution in [0.15, 0.2) is 53.8 Å². The zero-order valence-electron chi connectivity index (χ0n) is 17.7. The van der Waals surface area contributed by atoms with Crippen LogP contribution < -0.4 is 10.5 Å². The van der Waals surface area contributed by atoms with Crippen molar-refractivity contribution in [3.63, 3.8) is 0 Å². The lowest BCUT2D eigenvalue weighted by molar-refractivity contribution is 0.109. The van der Waals surface area contributed by atoms with Crippen LogP contribution >= 0.6 is 0 Å². The van der Waals surface area contributed by atoms with Crippen molar-refractivity contribution >= 4 is 5.84 Å². The number of nitrogens with two attached hydrogens (primary N) is 1. The molecule has 4 heterocycles. The van der Waals surface area contributed by atoms with Gasteiger partial charge in [0.15, 0.2) is 0 Å². The highest BCUT2D eigenvalue weighted by Gasteiger charge is 2.45. The van der Waals surface area contributed by atoms with Crippen molar-refractivity contribution in [1.29, 1.82) is 0 Å². The van der Waals surface area contributed by atoms with Gasteiger partial charge in [-0.1, -0.05) is 31.8 Å². The largest absolute Gasteiger partial charge is 0.438 e. The molecule has 32 heavy (non-hydrogen) atoms. The molecule has 7 heteroatoms. The summed E-state index contributed by atoms with van der Waals surface area (Å²) in [4.78, 5) is 13.1. The predicted molar refractivity (Wildman–Crippen MR) is 119 cm³/mol. The second-order valence-corrected chi connectivity index (χ2v) is 8.11. The van der Waals surface area contributed by atoms with Crippen LogP contribution in [0.4, 0.5) is 4.39 Å². The highest BCUT2D eigenvalue weighted by molar-refractivity contribution is 5.84. The standard InChI is InChI=1S/C25H21FN4O2/c1-15(2)5-6-16-10-20-24(29-12-16)32-21-8-7-17(18-4-3-9-28-23(18)26)11-19(21)25(20)14-31-13-22(27)30-25/h3-4,7-12,15H,13-14H2,1-2H3,(H2,27,30)/t25-/m0/s1. The van der Waals surface area contributed by atoms with Gasteiger partial charge in [-0.3, -0.25) is 4.99 Å². The molecule has 5 rings (SSSR count). The molecule has 0 bridgehead atoms. The minimum Gasteiger partial charge on any atom is -0.438 e. The van der Waals surface area contributed by atoms with E-state index < -0.39 is 11.5 Å². The molecule has 0 saturated carbocycles. The number of fused-ring (bicyclic) bond motifs is 4. The van der Waals surface area contributed by atoms with Gasteiger partial charge in [0.25, 0.3) is 0 Å². The number of aliphatic imine (C=N–C) groups is 1. The molecule has 2 aliphatic rings. The van der Waals surface area contributed by atoms with Crippen molar-refractivity contribution < 1.29 is 13.9 Å². The van der Waals surface area contributed by atoms with Gasteiger partial charge in [-0.25, -0.2) is 9.97 Å². The lowest BCUT2D eigenvalue weighted by atomic mass is 9.80. The van der Waals surface area contributed by atoms with Gasteiger partial charge >= 0.3 is 0 Å². The second-order valence-electron chi connectivity index (χ2n) is 8.11. The summed E-state index contributed by atoms with van der Waals surface area (Å²) in [5.74, 6) is 7.34. The topological polar surface area (TPSA) is 82.6 Å². The molecule has 160 valence electrons. The highest BCUT2D eigenvalue weighted by Crippen LogP contribution is 2.50. The smallest absolute Gasteiger partial charge is 0.225 e. The first-order chi connectivity index (χ1) is 15.5. The summed E-state index contributed by atoms with van der Waals surface area (Å²) in [6.07, 6.45) is 3.10. The minimum absolute atomic E-state index is 0.223. The van der Waals surface area contributed by atoms with Crippen molar-refractivity contribution in [1.82, 2.24) is 9.97 Å². The Morgan fingerprint density at radius 3 is 2.81 bits per heavy atom. The zero-order chi connectivity index (χ0) is 22.3. The summed E-state index contributed by atoms with van der Waals surface area (Å²) in [6.45, 7) is 4.54. The number of hydrogen-bond donors (Lipinski definition) is 1. The molecule has 0 saturated heterocycles. The summed E-state index contributed by atoms with van der Waals surface area (Å²) in [5, 5.41) is 0. The molecule has 2 N–H and O–H groups in total. The number of pyridine rings is 2. The maximum Gasteiger partial charge on any atom is 0.225 e. The van der Waals surface area contributed by atoms with Gasteiger partial charge < -0.3 is 15.2 Å². The number of hydrogen-bond acceptors (Lipinski definition) is 6. The number of rotatable bonds is 1.